The van der Waals surface area contributed by atoms with Gasteiger partial charge in [0.15, 0.2) is 0 Å². The van der Waals surface area contributed by atoms with Crippen LogP contribution >= 0.6 is 0 Å². The minimum absolute atomic E-state index is 0.114. The van der Waals surface area contributed by atoms with Crippen LogP contribution in [0.1, 0.15) is 54.9 Å². The normalized spacial score (nSPS) is 7.96. The van der Waals surface area contributed by atoms with Crippen molar-refractivity contribution in [3.05, 3.63) is 24.3 Å². The van der Waals surface area contributed by atoms with Crippen molar-refractivity contribution in [3.63, 3.8) is 0 Å². The lowest BCUT2D eigenvalue weighted by Crippen LogP contribution is -2.25. The third-order valence-electron chi connectivity index (χ3n) is 1.88. The van der Waals surface area contributed by atoms with Crippen molar-refractivity contribution in [2.24, 2.45) is 5.73 Å². The molecule has 0 fully saturated rings. The molecule has 1 aromatic carbocycles. The standard InChI is InChI=1S/C11H15N3O3.C3H8.2C2H6/c1-8(15)13-6-7-17-10-5-3-2-4-9(10)14-11(12)16;1-3-2;2*1-2/h2-5H,6-7H2,1H3,(H,13,15)(H3,12,14,16);3H2,1-2H3;2*1-2H3. The van der Waals surface area contributed by atoms with Crippen LogP contribution in [0.25, 0.3) is 0 Å². The predicted octanol–water partition coefficient (Wildman–Crippen LogP) is 4.16. The molecular formula is C18H35N3O3. The predicted molar refractivity (Wildman–Crippen MR) is 102 cm³/mol. The van der Waals surface area contributed by atoms with Crippen LogP contribution in [-0.4, -0.2) is 25.1 Å². The largest absolute Gasteiger partial charge is 0.490 e. The van der Waals surface area contributed by atoms with Crippen LogP contribution in [0.4, 0.5) is 10.5 Å². The van der Waals surface area contributed by atoms with E-state index in [1.165, 1.54) is 13.3 Å². The molecule has 0 saturated carbocycles. The molecule has 1 aromatic rings. The van der Waals surface area contributed by atoms with Crippen molar-refractivity contribution >= 4 is 17.6 Å². The number of nitrogens with one attached hydrogen (secondary N) is 2. The van der Waals surface area contributed by atoms with Crippen molar-refractivity contribution in [3.8, 4) is 5.75 Å². The summed E-state index contributed by atoms with van der Waals surface area (Å²) in [6.45, 7) is 14.4. The number of anilines is 1. The minimum atomic E-state index is -0.650. The number of para-hydroxylation sites is 2. The summed E-state index contributed by atoms with van der Waals surface area (Å²) in [5, 5.41) is 5.05. The Morgan fingerprint density at radius 2 is 1.58 bits per heavy atom. The van der Waals surface area contributed by atoms with E-state index in [0.29, 0.717) is 24.6 Å². The first-order valence-corrected chi connectivity index (χ1v) is 8.53. The molecule has 140 valence electrons. The molecular weight excluding hydrogens is 306 g/mol. The Hall–Kier alpha value is -2.24. The molecule has 24 heavy (non-hydrogen) atoms. The molecule has 0 unspecified atom stereocenters. The van der Waals surface area contributed by atoms with Gasteiger partial charge in [-0.15, -0.1) is 0 Å². The monoisotopic (exact) mass is 341 g/mol. The average molecular weight is 341 g/mol. The first kappa shape index (κ1) is 26.6. The summed E-state index contributed by atoms with van der Waals surface area (Å²) in [7, 11) is 0. The van der Waals surface area contributed by atoms with Crippen LogP contribution in [0.2, 0.25) is 0 Å². The van der Waals surface area contributed by atoms with Gasteiger partial charge in [0.05, 0.1) is 12.2 Å². The third kappa shape index (κ3) is 17.8. The number of primary amides is 1. The maximum atomic E-state index is 10.7. The average Bonchev–Trinajstić information content (AvgIpc) is 2.57. The molecule has 0 saturated heterocycles. The number of rotatable bonds is 5. The van der Waals surface area contributed by atoms with E-state index in [2.05, 4.69) is 24.5 Å². The van der Waals surface area contributed by atoms with Crippen molar-refractivity contribution in [2.75, 3.05) is 18.5 Å². The van der Waals surface area contributed by atoms with Gasteiger partial charge in [0.25, 0.3) is 0 Å². The second-order valence-corrected chi connectivity index (χ2v) is 4.02. The van der Waals surface area contributed by atoms with Gasteiger partial charge in [-0.05, 0) is 12.1 Å². The lowest BCUT2D eigenvalue weighted by Gasteiger charge is -2.11. The van der Waals surface area contributed by atoms with E-state index >= 15 is 0 Å². The fourth-order valence-corrected chi connectivity index (χ4v) is 1.22. The molecule has 0 spiro atoms. The quantitative estimate of drug-likeness (QED) is 0.702. The van der Waals surface area contributed by atoms with E-state index in [1.54, 1.807) is 24.3 Å². The van der Waals surface area contributed by atoms with E-state index < -0.39 is 6.03 Å². The zero-order valence-electron chi connectivity index (χ0n) is 16.2. The van der Waals surface area contributed by atoms with Gasteiger partial charge in [-0.2, -0.15) is 0 Å². The minimum Gasteiger partial charge on any atom is -0.490 e. The highest BCUT2D eigenvalue weighted by atomic mass is 16.5. The maximum Gasteiger partial charge on any atom is 0.316 e. The number of ether oxygens (including phenoxy) is 1. The molecule has 0 atom stereocenters. The molecule has 0 aromatic heterocycles. The highest BCUT2D eigenvalue weighted by molar-refractivity contribution is 5.89. The van der Waals surface area contributed by atoms with Crippen molar-refractivity contribution in [1.82, 2.24) is 5.32 Å². The summed E-state index contributed by atoms with van der Waals surface area (Å²) in [6.07, 6.45) is 1.25. The molecule has 0 heterocycles. The molecule has 0 aliphatic rings. The van der Waals surface area contributed by atoms with Crippen LogP contribution in [-0.2, 0) is 4.79 Å². The molecule has 4 N–H and O–H groups in total. The first-order chi connectivity index (χ1) is 11.5. The molecule has 0 aliphatic heterocycles. The van der Waals surface area contributed by atoms with Gasteiger partial charge in [0, 0.05) is 6.92 Å². The van der Waals surface area contributed by atoms with Gasteiger partial charge in [-0.1, -0.05) is 60.1 Å². The Kier molecular flexibility index (Phi) is 23.0. The lowest BCUT2D eigenvalue weighted by molar-refractivity contribution is -0.119. The zero-order chi connectivity index (χ0) is 19.4. The second kappa shape index (κ2) is 20.8. The van der Waals surface area contributed by atoms with E-state index in [-0.39, 0.29) is 5.91 Å². The summed E-state index contributed by atoms with van der Waals surface area (Å²) < 4.78 is 5.40. The Morgan fingerprint density at radius 3 is 2.04 bits per heavy atom. The summed E-state index contributed by atoms with van der Waals surface area (Å²) in [5.41, 5.74) is 5.53. The number of urea groups is 1. The molecule has 0 aliphatic carbocycles. The molecule has 0 radical (unpaired) electrons. The smallest absolute Gasteiger partial charge is 0.316 e. The summed E-state index contributed by atoms with van der Waals surface area (Å²) >= 11 is 0. The van der Waals surface area contributed by atoms with Crippen molar-refractivity contribution < 1.29 is 14.3 Å². The van der Waals surface area contributed by atoms with E-state index in [1.807, 2.05) is 27.7 Å². The Balaban J connectivity index is -0.000000549. The van der Waals surface area contributed by atoms with E-state index in [4.69, 9.17) is 10.5 Å². The van der Waals surface area contributed by atoms with Crippen LogP contribution in [0.5, 0.6) is 5.75 Å². The van der Waals surface area contributed by atoms with E-state index in [9.17, 15) is 9.59 Å². The van der Waals surface area contributed by atoms with Gasteiger partial charge in [-0.25, -0.2) is 4.79 Å². The van der Waals surface area contributed by atoms with E-state index in [0.717, 1.165) is 0 Å². The topological polar surface area (TPSA) is 93.4 Å². The second-order valence-electron chi connectivity index (χ2n) is 4.02. The van der Waals surface area contributed by atoms with Gasteiger partial charge in [0.1, 0.15) is 12.4 Å². The Bertz CT molecular complexity index is 424. The van der Waals surface area contributed by atoms with Gasteiger partial charge in [0.2, 0.25) is 5.91 Å². The molecule has 0 bridgehead atoms. The van der Waals surface area contributed by atoms with Crippen molar-refractivity contribution in [1.29, 1.82) is 0 Å². The molecule has 3 amide bonds. The maximum absolute atomic E-state index is 10.7. The summed E-state index contributed by atoms with van der Waals surface area (Å²) in [6, 6.07) is 6.27. The van der Waals surface area contributed by atoms with Crippen LogP contribution in [0, 0.1) is 0 Å². The van der Waals surface area contributed by atoms with Gasteiger partial charge >= 0.3 is 6.03 Å². The Labute approximate surface area is 147 Å². The first-order valence-electron chi connectivity index (χ1n) is 8.53. The summed E-state index contributed by atoms with van der Waals surface area (Å²) in [4.78, 5) is 21.4. The van der Waals surface area contributed by atoms with Crippen LogP contribution < -0.4 is 21.1 Å². The molecule has 6 nitrogen and oxygen atoms in total. The number of carbonyl (C=O) groups is 2. The molecule has 1 rings (SSSR count). The van der Waals surface area contributed by atoms with Gasteiger partial charge < -0.3 is 21.1 Å². The van der Waals surface area contributed by atoms with Crippen molar-refractivity contribution in [2.45, 2.75) is 54.9 Å². The highest BCUT2D eigenvalue weighted by Gasteiger charge is 2.04. The highest BCUT2D eigenvalue weighted by Crippen LogP contribution is 2.23. The number of carbonyl (C=O) groups excluding carboxylic acids is 2. The Morgan fingerprint density at radius 1 is 1.08 bits per heavy atom. The number of nitrogens with two attached hydrogens (primary N) is 1. The van der Waals surface area contributed by atoms with Gasteiger partial charge in [-0.3, -0.25) is 4.79 Å². The van der Waals surface area contributed by atoms with Crippen LogP contribution in [0.15, 0.2) is 24.3 Å². The number of benzene rings is 1. The molecule has 6 heteroatoms. The SMILES string of the molecule is CC.CC.CC(=O)NCCOc1ccccc1NC(N)=O.CCC. The number of hydrogen-bond donors (Lipinski definition) is 3. The summed E-state index contributed by atoms with van der Waals surface area (Å²) in [5.74, 6) is 0.397. The lowest BCUT2D eigenvalue weighted by atomic mass is 10.3. The number of amides is 3. The zero-order valence-corrected chi connectivity index (χ0v) is 16.2. The number of hydrogen-bond acceptors (Lipinski definition) is 3. The fraction of sp³-hybridized carbons (Fsp3) is 0.556. The fourth-order valence-electron chi connectivity index (χ4n) is 1.22. The van der Waals surface area contributed by atoms with Crippen LogP contribution in [0.3, 0.4) is 0 Å². The third-order valence-corrected chi connectivity index (χ3v) is 1.88.